The lowest BCUT2D eigenvalue weighted by Gasteiger charge is -2.19. The monoisotopic (exact) mass is 410 g/mol. The van der Waals surface area contributed by atoms with Crippen LogP contribution in [0.4, 0.5) is 0 Å². The minimum Gasteiger partial charge on any atom is -0.493 e. The minimum absolute atomic E-state index is 0.0590. The first-order valence-electron chi connectivity index (χ1n) is 10.5. The summed E-state index contributed by atoms with van der Waals surface area (Å²) in [7, 11) is 1.75. The van der Waals surface area contributed by atoms with Crippen molar-refractivity contribution in [2.75, 3.05) is 20.2 Å². The van der Waals surface area contributed by atoms with Crippen molar-refractivity contribution in [2.45, 2.75) is 40.3 Å². The normalized spacial score (nSPS) is 12.4. The van der Waals surface area contributed by atoms with Gasteiger partial charge in [0.25, 0.3) is 5.91 Å². The number of carbonyl (C=O) groups is 1. The summed E-state index contributed by atoms with van der Waals surface area (Å²) in [4.78, 5) is 16.3. The van der Waals surface area contributed by atoms with Gasteiger partial charge in [0, 0.05) is 25.7 Å². The molecule has 1 atom stereocenters. The van der Waals surface area contributed by atoms with Gasteiger partial charge in [-0.05, 0) is 55.2 Å². The Bertz CT molecular complexity index is 831. The lowest BCUT2D eigenvalue weighted by atomic mass is 10.1. The van der Waals surface area contributed by atoms with Crippen LogP contribution >= 0.6 is 0 Å². The van der Waals surface area contributed by atoms with E-state index in [9.17, 15) is 4.79 Å². The fourth-order valence-electron chi connectivity index (χ4n) is 2.87. The molecule has 1 unspecified atom stereocenters. The van der Waals surface area contributed by atoms with E-state index < -0.39 is 0 Å². The predicted molar refractivity (Wildman–Crippen MR) is 123 cm³/mol. The van der Waals surface area contributed by atoms with Gasteiger partial charge >= 0.3 is 0 Å². The zero-order valence-corrected chi connectivity index (χ0v) is 18.7. The summed E-state index contributed by atoms with van der Waals surface area (Å²) >= 11 is 0. The second kappa shape index (κ2) is 11.9. The molecule has 6 nitrogen and oxygen atoms in total. The summed E-state index contributed by atoms with van der Waals surface area (Å²) in [5.41, 5.74) is 2.82. The van der Waals surface area contributed by atoms with Gasteiger partial charge in [-0.25, -0.2) is 0 Å². The Hall–Kier alpha value is -3.02. The number of hydrogen-bond donors (Lipinski definition) is 3. The number of benzene rings is 2. The fourth-order valence-corrected chi connectivity index (χ4v) is 2.87. The third kappa shape index (κ3) is 7.43. The Kier molecular flexibility index (Phi) is 9.19. The van der Waals surface area contributed by atoms with Gasteiger partial charge in [-0.1, -0.05) is 38.1 Å². The Morgan fingerprint density at radius 3 is 2.43 bits per heavy atom. The highest BCUT2D eigenvalue weighted by atomic mass is 16.5. The van der Waals surface area contributed by atoms with Gasteiger partial charge in [-0.3, -0.25) is 9.79 Å². The number of aliphatic imine (C=N–C) groups is 1. The maximum atomic E-state index is 12.0. The van der Waals surface area contributed by atoms with E-state index in [4.69, 9.17) is 4.74 Å². The van der Waals surface area contributed by atoms with Gasteiger partial charge in [0.15, 0.2) is 5.96 Å². The van der Waals surface area contributed by atoms with Crippen LogP contribution < -0.4 is 20.7 Å². The highest BCUT2D eigenvalue weighted by Gasteiger charge is 2.09. The molecule has 0 fully saturated rings. The third-order valence-corrected chi connectivity index (χ3v) is 4.53. The molecule has 0 bridgehead atoms. The Balaban J connectivity index is 1.91. The van der Waals surface area contributed by atoms with E-state index in [1.165, 1.54) is 0 Å². The van der Waals surface area contributed by atoms with Crippen molar-refractivity contribution in [1.82, 2.24) is 16.0 Å². The summed E-state index contributed by atoms with van der Waals surface area (Å²) in [5.74, 6) is 2.03. The van der Waals surface area contributed by atoms with Gasteiger partial charge in [0.2, 0.25) is 0 Å². The highest BCUT2D eigenvalue weighted by Crippen LogP contribution is 2.18. The second-order valence-electron chi connectivity index (χ2n) is 7.63. The highest BCUT2D eigenvalue weighted by molar-refractivity contribution is 5.94. The largest absolute Gasteiger partial charge is 0.493 e. The average molecular weight is 411 g/mol. The standard InChI is InChI=1S/C24H34N4O2/c1-6-26-23(29)21-9-7-8-19(14-21)15-27-24(25-5)28-18(4)20-10-12-22(13-11-20)30-16-17(2)3/h7-14,17-18H,6,15-16H2,1-5H3,(H,26,29)(H2,25,27,28). The van der Waals surface area contributed by atoms with Crippen molar-refractivity contribution in [3.05, 3.63) is 65.2 Å². The van der Waals surface area contributed by atoms with Gasteiger partial charge in [0.05, 0.1) is 12.6 Å². The molecule has 0 aliphatic rings. The molecule has 0 aliphatic carbocycles. The van der Waals surface area contributed by atoms with E-state index in [-0.39, 0.29) is 11.9 Å². The summed E-state index contributed by atoms with van der Waals surface area (Å²) in [6.07, 6.45) is 0. The molecule has 3 N–H and O–H groups in total. The molecule has 2 aromatic rings. The minimum atomic E-state index is -0.0590. The fraction of sp³-hybridized carbons (Fsp3) is 0.417. The maximum absolute atomic E-state index is 12.0. The van der Waals surface area contributed by atoms with Crippen LogP contribution in [-0.2, 0) is 6.54 Å². The molecule has 2 aromatic carbocycles. The zero-order chi connectivity index (χ0) is 21.9. The first kappa shape index (κ1) is 23.3. The van der Waals surface area contributed by atoms with Crippen molar-refractivity contribution in [3.63, 3.8) is 0 Å². The SMILES string of the molecule is CCNC(=O)c1cccc(CNC(=NC)NC(C)c2ccc(OCC(C)C)cc2)c1. The van der Waals surface area contributed by atoms with E-state index in [2.05, 4.69) is 53.8 Å². The van der Waals surface area contributed by atoms with Gasteiger partial charge in [-0.15, -0.1) is 0 Å². The van der Waals surface area contributed by atoms with Crippen molar-refractivity contribution in [3.8, 4) is 5.75 Å². The summed E-state index contributed by atoms with van der Waals surface area (Å²) in [6, 6.07) is 15.8. The number of rotatable bonds is 9. The van der Waals surface area contributed by atoms with Crippen molar-refractivity contribution in [2.24, 2.45) is 10.9 Å². The van der Waals surface area contributed by atoms with Crippen LogP contribution in [0.2, 0.25) is 0 Å². The molecule has 0 spiro atoms. The summed E-state index contributed by atoms with van der Waals surface area (Å²) in [6.45, 7) is 10.2. The third-order valence-electron chi connectivity index (χ3n) is 4.53. The maximum Gasteiger partial charge on any atom is 0.251 e. The first-order valence-corrected chi connectivity index (χ1v) is 10.5. The van der Waals surface area contributed by atoms with Crippen LogP contribution in [0, 0.1) is 5.92 Å². The lowest BCUT2D eigenvalue weighted by Crippen LogP contribution is -2.38. The van der Waals surface area contributed by atoms with Gasteiger partial charge in [-0.2, -0.15) is 0 Å². The van der Waals surface area contributed by atoms with E-state index in [1.54, 1.807) is 7.05 Å². The molecule has 0 saturated heterocycles. The van der Waals surface area contributed by atoms with Crippen LogP contribution in [0.3, 0.4) is 0 Å². The number of guanidine groups is 1. The molecular formula is C24H34N4O2. The number of hydrogen-bond acceptors (Lipinski definition) is 3. The first-order chi connectivity index (χ1) is 14.4. The van der Waals surface area contributed by atoms with Crippen molar-refractivity contribution in [1.29, 1.82) is 0 Å². The van der Waals surface area contributed by atoms with E-state index in [1.807, 2.05) is 43.3 Å². The quantitative estimate of drug-likeness (QED) is 0.433. The number of amides is 1. The van der Waals surface area contributed by atoms with Crippen molar-refractivity contribution >= 4 is 11.9 Å². The molecule has 0 aromatic heterocycles. The molecular weight excluding hydrogens is 376 g/mol. The zero-order valence-electron chi connectivity index (χ0n) is 18.7. The molecule has 0 saturated carbocycles. The molecule has 30 heavy (non-hydrogen) atoms. The van der Waals surface area contributed by atoms with E-state index >= 15 is 0 Å². The Labute approximate surface area is 180 Å². The Morgan fingerprint density at radius 1 is 1.07 bits per heavy atom. The number of carbonyl (C=O) groups excluding carboxylic acids is 1. The molecule has 162 valence electrons. The molecule has 0 radical (unpaired) electrons. The average Bonchev–Trinajstić information content (AvgIpc) is 2.75. The topological polar surface area (TPSA) is 74.8 Å². The Morgan fingerprint density at radius 2 is 1.80 bits per heavy atom. The van der Waals surface area contributed by atoms with Crippen molar-refractivity contribution < 1.29 is 9.53 Å². The molecule has 6 heteroatoms. The van der Waals surface area contributed by atoms with Crippen LogP contribution in [0.5, 0.6) is 5.75 Å². The number of nitrogens with one attached hydrogen (secondary N) is 3. The van der Waals surface area contributed by atoms with Gasteiger partial charge < -0.3 is 20.7 Å². The van der Waals surface area contributed by atoms with Crippen LogP contribution in [0.15, 0.2) is 53.5 Å². The molecule has 0 aliphatic heterocycles. The molecule has 2 rings (SSSR count). The molecule has 1 amide bonds. The number of nitrogens with zero attached hydrogens (tertiary/aromatic N) is 1. The summed E-state index contributed by atoms with van der Waals surface area (Å²) < 4.78 is 5.75. The van der Waals surface area contributed by atoms with Gasteiger partial charge in [0.1, 0.15) is 5.75 Å². The van der Waals surface area contributed by atoms with Crippen LogP contribution in [0.25, 0.3) is 0 Å². The van der Waals surface area contributed by atoms with E-state index in [0.29, 0.717) is 37.1 Å². The second-order valence-corrected chi connectivity index (χ2v) is 7.63. The molecule has 0 heterocycles. The smallest absolute Gasteiger partial charge is 0.251 e. The van der Waals surface area contributed by atoms with E-state index in [0.717, 1.165) is 16.9 Å². The summed E-state index contributed by atoms with van der Waals surface area (Å²) in [5, 5.41) is 9.53. The van der Waals surface area contributed by atoms with Crippen LogP contribution in [0.1, 0.15) is 55.2 Å². The lowest BCUT2D eigenvalue weighted by molar-refractivity contribution is 0.0955. The predicted octanol–water partition coefficient (Wildman–Crippen LogP) is 3.90. The number of ether oxygens (including phenoxy) is 1. The van der Waals surface area contributed by atoms with Crippen LogP contribution in [-0.4, -0.2) is 32.1 Å².